The SMILES string of the molecule is CC1CCCC(O)(CNC(C)c2cc(Cl)sc2Cl)C1. The van der Waals surface area contributed by atoms with Crippen LogP contribution in [0.25, 0.3) is 0 Å². The number of rotatable bonds is 4. The zero-order valence-electron chi connectivity index (χ0n) is 11.4. The fraction of sp³-hybridized carbons (Fsp3) is 0.714. The summed E-state index contributed by atoms with van der Waals surface area (Å²) in [7, 11) is 0. The van der Waals surface area contributed by atoms with Gasteiger partial charge in [0.15, 0.2) is 0 Å². The molecular formula is C14H21Cl2NOS. The van der Waals surface area contributed by atoms with Crippen molar-refractivity contribution in [1.29, 1.82) is 0 Å². The summed E-state index contributed by atoms with van der Waals surface area (Å²) >= 11 is 13.5. The summed E-state index contributed by atoms with van der Waals surface area (Å²) < 4.78 is 1.44. The van der Waals surface area contributed by atoms with E-state index in [0.717, 1.165) is 29.2 Å². The Kier molecular flexibility index (Phi) is 5.18. The van der Waals surface area contributed by atoms with Gasteiger partial charge in [0.25, 0.3) is 0 Å². The Morgan fingerprint density at radius 1 is 1.58 bits per heavy atom. The van der Waals surface area contributed by atoms with Crippen LogP contribution in [0, 0.1) is 5.92 Å². The lowest BCUT2D eigenvalue weighted by molar-refractivity contribution is -0.0134. The Balaban J connectivity index is 1.93. The van der Waals surface area contributed by atoms with Crippen molar-refractivity contribution in [3.63, 3.8) is 0 Å². The highest BCUT2D eigenvalue weighted by molar-refractivity contribution is 7.20. The molecule has 3 atom stereocenters. The zero-order chi connectivity index (χ0) is 14.0. The van der Waals surface area contributed by atoms with Crippen LogP contribution in [0.4, 0.5) is 0 Å². The van der Waals surface area contributed by atoms with Gasteiger partial charge in [0.2, 0.25) is 0 Å². The minimum atomic E-state index is -0.571. The van der Waals surface area contributed by atoms with Gasteiger partial charge < -0.3 is 10.4 Å². The van der Waals surface area contributed by atoms with E-state index in [1.54, 1.807) is 0 Å². The van der Waals surface area contributed by atoms with Crippen LogP contribution in [0.5, 0.6) is 0 Å². The zero-order valence-corrected chi connectivity index (χ0v) is 13.7. The fourth-order valence-corrected chi connectivity index (χ4v) is 4.54. The normalized spacial score (nSPS) is 29.4. The molecule has 0 bridgehead atoms. The molecule has 108 valence electrons. The molecule has 0 radical (unpaired) electrons. The molecule has 5 heteroatoms. The smallest absolute Gasteiger partial charge is 0.0991 e. The van der Waals surface area contributed by atoms with Crippen LogP contribution in [0.15, 0.2) is 6.07 Å². The molecule has 1 saturated carbocycles. The first-order valence-corrected chi connectivity index (χ1v) is 8.37. The second-order valence-corrected chi connectivity index (χ2v) is 8.09. The van der Waals surface area contributed by atoms with E-state index in [1.807, 2.05) is 6.07 Å². The first kappa shape index (κ1) is 15.6. The van der Waals surface area contributed by atoms with Gasteiger partial charge in [0.1, 0.15) is 0 Å². The Morgan fingerprint density at radius 3 is 2.89 bits per heavy atom. The van der Waals surface area contributed by atoms with Gasteiger partial charge in [0.05, 0.1) is 14.3 Å². The van der Waals surface area contributed by atoms with Crippen LogP contribution < -0.4 is 5.32 Å². The molecule has 0 aliphatic heterocycles. The van der Waals surface area contributed by atoms with Gasteiger partial charge in [-0.1, -0.05) is 43.0 Å². The summed E-state index contributed by atoms with van der Waals surface area (Å²) in [6, 6.07) is 2.01. The Morgan fingerprint density at radius 2 is 2.32 bits per heavy atom. The average molecular weight is 322 g/mol. The van der Waals surface area contributed by atoms with E-state index in [4.69, 9.17) is 23.2 Å². The van der Waals surface area contributed by atoms with Gasteiger partial charge in [-0.2, -0.15) is 0 Å². The minimum Gasteiger partial charge on any atom is -0.389 e. The summed E-state index contributed by atoms with van der Waals surface area (Å²) in [6.45, 7) is 4.88. The van der Waals surface area contributed by atoms with Gasteiger partial charge in [0, 0.05) is 12.6 Å². The van der Waals surface area contributed by atoms with Crippen LogP contribution in [-0.4, -0.2) is 17.3 Å². The lowest BCUT2D eigenvalue weighted by Gasteiger charge is -2.36. The molecule has 0 spiro atoms. The van der Waals surface area contributed by atoms with Crippen molar-refractivity contribution >= 4 is 34.5 Å². The number of thiophene rings is 1. The molecule has 0 saturated heterocycles. The number of aliphatic hydroxyl groups is 1. The maximum Gasteiger partial charge on any atom is 0.0991 e. The third kappa shape index (κ3) is 4.08. The third-order valence-electron chi connectivity index (χ3n) is 3.95. The molecule has 0 amide bonds. The predicted octanol–water partition coefficient (Wildman–Crippen LogP) is 4.65. The molecule has 1 heterocycles. The molecule has 2 N–H and O–H groups in total. The molecule has 1 aliphatic carbocycles. The average Bonchev–Trinajstić information content (AvgIpc) is 2.65. The van der Waals surface area contributed by atoms with Crippen molar-refractivity contribution in [3.8, 4) is 0 Å². The molecule has 19 heavy (non-hydrogen) atoms. The first-order chi connectivity index (χ1) is 8.89. The minimum absolute atomic E-state index is 0.109. The van der Waals surface area contributed by atoms with Gasteiger partial charge >= 0.3 is 0 Å². The van der Waals surface area contributed by atoms with E-state index in [2.05, 4.69) is 19.2 Å². The highest BCUT2D eigenvalue weighted by atomic mass is 35.5. The van der Waals surface area contributed by atoms with E-state index in [9.17, 15) is 5.11 Å². The lowest BCUT2D eigenvalue weighted by Crippen LogP contribution is -2.44. The molecule has 0 aromatic carbocycles. The standard InChI is InChI=1S/C14H21Cl2NOS/c1-9-4-3-5-14(18,7-9)8-17-10(2)11-6-12(15)19-13(11)16/h6,9-10,17-18H,3-5,7-8H2,1-2H3. The van der Waals surface area contributed by atoms with Gasteiger partial charge in [-0.05, 0) is 37.3 Å². The third-order valence-corrected chi connectivity index (χ3v) is 5.47. The summed E-state index contributed by atoms with van der Waals surface area (Å²) in [4.78, 5) is 0. The maximum atomic E-state index is 10.6. The summed E-state index contributed by atoms with van der Waals surface area (Å²) in [6.07, 6.45) is 4.10. The van der Waals surface area contributed by atoms with E-state index < -0.39 is 5.60 Å². The Labute approximate surface area is 129 Å². The molecule has 1 fully saturated rings. The predicted molar refractivity (Wildman–Crippen MR) is 83.3 cm³/mol. The molecular weight excluding hydrogens is 301 g/mol. The van der Waals surface area contributed by atoms with Crippen LogP contribution >= 0.6 is 34.5 Å². The fourth-order valence-electron chi connectivity index (χ4n) is 2.89. The topological polar surface area (TPSA) is 32.3 Å². The monoisotopic (exact) mass is 321 g/mol. The van der Waals surface area contributed by atoms with Crippen molar-refractivity contribution < 1.29 is 5.11 Å². The van der Waals surface area contributed by atoms with Crippen molar-refractivity contribution in [2.24, 2.45) is 5.92 Å². The second kappa shape index (κ2) is 6.31. The van der Waals surface area contributed by atoms with Crippen molar-refractivity contribution in [2.45, 2.75) is 51.2 Å². The molecule has 1 aromatic heterocycles. The first-order valence-electron chi connectivity index (χ1n) is 6.80. The van der Waals surface area contributed by atoms with E-state index in [1.165, 1.54) is 17.8 Å². The van der Waals surface area contributed by atoms with Crippen molar-refractivity contribution in [3.05, 3.63) is 20.3 Å². The highest BCUT2D eigenvalue weighted by Gasteiger charge is 2.32. The maximum absolute atomic E-state index is 10.6. The summed E-state index contributed by atoms with van der Waals surface area (Å²) in [5.74, 6) is 0.607. The molecule has 2 rings (SSSR count). The highest BCUT2D eigenvalue weighted by Crippen LogP contribution is 2.36. The van der Waals surface area contributed by atoms with Crippen LogP contribution in [0.1, 0.15) is 51.1 Å². The van der Waals surface area contributed by atoms with E-state index >= 15 is 0 Å². The second-order valence-electron chi connectivity index (χ2n) is 5.81. The van der Waals surface area contributed by atoms with E-state index in [0.29, 0.717) is 16.8 Å². The Bertz CT molecular complexity index is 437. The molecule has 1 aliphatic rings. The quantitative estimate of drug-likeness (QED) is 0.846. The molecule has 1 aromatic rings. The van der Waals surface area contributed by atoms with Gasteiger partial charge in [-0.3, -0.25) is 0 Å². The van der Waals surface area contributed by atoms with Crippen LogP contribution in [0.2, 0.25) is 8.67 Å². The summed E-state index contributed by atoms with van der Waals surface area (Å²) in [5, 5.41) is 14.0. The van der Waals surface area contributed by atoms with Crippen LogP contribution in [0.3, 0.4) is 0 Å². The van der Waals surface area contributed by atoms with Crippen molar-refractivity contribution in [2.75, 3.05) is 6.54 Å². The summed E-state index contributed by atoms with van der Waals surface area (Å²) in [5.41, 5.74) is 0.446. The molecule has 2 nitrogen and oxygen atoms in total. The molecule has 3 unspecified atom stereocenters. The van der Waals surface area contributed by atoms with Crippen molar-refractivity contribution in [1.82, 2.24) is 5.32 Å². The number of hydrogen-bond acceptors (Lipinski definition) is 3. The number of hydrogen-bond donors (Lipinski definition) is 2. The van der Waals surface area contributed by atoms with E-state index in [-0.39, 0.29) is 6.04 Å². The van der Waals surface area contributed by atoms with Gasteiger partial charge in [-0.25, -0.2) is 0 Å². The largest absolute Gasteiger partial charge is 0.389 e. The van der Waals surface area contributed by atoms with Crippen LogP contribution in [-0.2, 0) is 0 Å². The lowest BCUT2D eigenvalue weighted by atomic mass is 9.79. The number of halogens is 2. The van der Waals surface area contributed by atoms with Gasteiger partial charge in [-0.15, -0.1) is 11.3 Å². The number of nitrogens with one attached hydrogen (secondary N) is 1. The Hall–Kier alpha value is 0.200.